The lowest BCUT2D eigenvalue weighted by Crippen LogP contribution is -2.35. The van der Waals surface area contributed by atoms with Crippen molar-refractivity contribution in [3.8, 4) is 0 Å². The summed E-state index contributed by atoms with van der Waals surface area (Å²) in [4.78, 5) is 7.23. The molecule has 1 saturated heterocycles. The topological polar surface area (TPSA) is 47.1 Å². The smallest absolute Gasteiger partial charge is 0.206 e. The number of rotatable bonds is 3. The van der Waals surface area contributed by atoms with E-state index in [0.29, 0.717) is 6.54 Å². The van der Waals surface area contributed by atoms with Gasteiger partial charge in [0.1, 0.15) is 0 Å². The van der Waals surface area contributed by atoms with Crippen LogP contribution in [-0.4, -0.2) is 29.2 Å². The molecule has 2 N–H and O–H groups in total. The fourth-order valence-corrected chi connectivity index (χ4v) is 2.86. The number of imidazole rings is 1. The zero-order valence-corrected chi connectivity index (χ0v) is 11.5. The predicted octanol–water partition coefficient (Wildman–Crippen LogP) is 2.23. The maximum Gasteiger partial charge on any atom is 0.206 e. The molecule has 4 nitrogen and oxygen atoms in total. The van der Waals surface area contributed by atoms with Crippen LogP contribution in [0.25, 0.3) is 11.0 Å². The molecule has 4 heteroatoms. The molecule has 0 atom stereocenters. The van der Waals surface area contributed by atoms with Gasteiger partial charge in [-0.05, 0) is 30.9 Å². The minimum atomic E-state index is 0.650. The average Bonchev–Trinajstić information content (AvgIpc) is 2.79. The van der Waals surface area contributed by atoms with E-state index in [0.717, 1.165) is 37.0 Å². The molecule has 3 rings (SSSR count). The van der Waals surface area contributed by atoms with Crippen molar-refractivity contribution in [1.29, 1.82) is 0 Å². The molecule has 19 heavy (non-hydrogen) atoms. The van der Waals surface area contributed by atoms with Crippen LogP contribution in [-0.2, 0) is 6.54 Å². The lowest BCUT2D eigenvalue weighted by atomic mass is 10.00. The molecule has 1 fully saturated rings. The van der Waals surface area contributed by atoms with Crippen molar-refractivity contribution in [3.05, 3.63) is 24.3 Å². The third-order valence-corrected chi connectivity index (χ3v) is 4.05. The molecule has 0 spiro atoms. The van der Waals surface area contributed by atoms with Gasteiger partial charge in [-0.15, -0.1) is 0 Å². The lowest BCUT2D eigenvalue weighted by Gasteiger charge is -2.31. The van der Waals surface area contributed by atoms with E-state index in [-0.39, 0.29) is 0 Å². The maximum atomic E-state index is 5.76. The maximum absolute atomic E-state index is 5.76. The summed E-state index contributed by atoms with van der Waals surface area (Å²) in [5.41, 5.74) is 8.03. The summed E-state index contributed by atoms with van der Waals surface area (Å²) >= 11 is 0. The summed E-state index contributed by atoms with van der Waals surface area (Å²) in [6, 6.07) is 8.33. The van der Waals surface area contributed by atoms with E-state index in [2.05, 4.69) is 34.6 Å². The molecule has 0 bridgehead atoms. The van der Waals surface area contributed by atoms with E-state index in [4.69, 9.17) is 10.7 Å². The molecular weight excluding hydrogens is 236 g/mol. The molecule has 0 amide bonds. The van der Waals surface area contributed by atoms with Gasteiger partial charge in [0, 0.05) is 26.2 Å². The van der Waals surface area contributed by atoms with Crippen molar-refractivity contribution >= 4 is 17.0 Å². The van der Waals surface area contributed by atoms with E-state index in [1.165, 1.54) is 18.4 Å². The number of hydrogen-bond acceptors (Lipinski definition) is 3. The van der Waals surface area contributed by atoms with Crippen LogP contribution in [0, 0.1) is 5.92 Å². The first-order valence-corrected chi connectivity index (χ1v) is 7.20. The van der Waals surface area contributed by atoms with Gasteiger partial charge >= 0.3 is 0 Å². The monoisotopic (exact) mass is 258 g/mol. The van der Waals surface area contributed by atoms with Gasteiger partial charge in [0.05, 0.1) is 11.0 Å². The van der Waals surface area contributed by atoms with Crippen LogP contribution >= 0.6 is 0 Å². The number of piperidine rings is 1. The van der Waals surface area contributed by atoms with Gasteiger partial charge in [0.15, 0.2) is 0 Å². The Morgan fingerprint density at radius 1 is 1.26 bits per heavy atom. The summed E-state index contributed by atoms with van der Waals surface area (Å²) in [5.74, 6) is 1.93. The van der Waals surface area contributed by atoms with Gasteiger partial charge in [0.25, 0.3) is 0 Å². The predicted molar refractivity (Wildman–Crippen MR) is 79.4 cm³/mol. The molecule has 2 heterocycles. The summed E-state index contributed by atoms with van der Waals surface area (Å²) < 4.78 is 2.27. The van der Waals surface area contributed by atoms with Crippen LogP contribution < -0.4 is 10.6 Å². The number of benzene rings is 1. The van der Waals surface area contributed by atoms with Crippen molar-refractivity contribution in [1.82, 2.24) is 9.55 Å². The van der Waals surface area contributed by atoms with Crippen LogP contribution in [0.4, 0.5) is 5.95 Å². The summed E-state index contributed by atoms with van der Waals surface area (Å²) in [6.07, 6.45) is 2.51. The molecule has 2 aromatic rings. The summed E-state index contributed by atoms with van der Waals surface area (Å²) in [7, 11) is 0. The van der Waals surface area contributed by atoms with Crippen molar-refractivity contribution in [3.63, 3.8) is 0 Å². The van der Waals surface area contributed by atoms with Crippen molar-refractivity contribution < 1.29 is 0 Å². The van der Waals surface area contributed by atoms with Gasteiger partial charge < -0.3 is 15.2 Å². The fourth-order valence-electron chi connectivity index (χ4n) is 2.86. The Bertz CT molecular complexity index is 552. The second-order valence-electron chi connectivity index (χ2n) is 5.51. The third kappa shape index (κ3) is 2.32. The Morgan fingerprint density at radius 3 is 2.74 bits per heavy atom. The molecule has 0 radical (unpaired) electrons. The molecule has 1 aromatic heterocycles. The Hall–Kier alpha value is -1.55. The normalized spacial score (nSPS) is 17.3. The first-order valence-electron chi connectivity index (χ1n) is 7.20. The van der Waals surface area contributed by atoms with Crippen molar-refractivity contribution in [2.45, 2.75) is 26.3 Å². The Balaban J connectivity index is 1.99. The number of para-hydroxylation sites is 2. The third-order valence-electron chi connectivity index (χ3n) is 4.05. The molecule has 102 valence electrons. The zero-order valence-electron chi connectivity index (χ0n) is 11.5. The minimum absolute atomic E-state index is 0.650. The van der Waals surface area contributed by atoms with Crippen LogP contribution in [0.3, 0.4) is 0 Å². The number of nitrogens with zero attached hydrogens (tertiary/aromatic N) is 3. The molecule has 1 aliphatic rings. The van der Waals surface area contributed by atoms with Gasteiger partial charge in [-0.25, -0.2) is 4.98 Å². The van der Waals surface area contributed by atoms with Gasteiger partial charge in [0.2, 0.25) is 5.95 Å². The second-order valence-corrected chi connectivity index (χ2v) is 5.51. The largest absolute Gasteiger partial charge is 0.342 e. The molecule has 0 saturated carbocycles. The molecule has 1 aliphatic heterocycles. The number of aromatic nitrogens is 2. The highest BCUT2D eigenvalue weighted by atomic mass is 15.3. The Morgan fingerprint density at radius 2 is 2.00 bits per heavy atom. The summed E-state index contributed by atoms with van der Waals surface area (Å²) in [6.45, 7) is 6.03. The average molecular weight is 258 g/mol. The van der Waals surface area contributed by atoms with Gasteiger partial charge in [-0.1, -0.05) is 19.1 Å². The number of anilines is 1. The highest BCUT2D eigenvalue weighted by Gasteiger charge is 2.21. The number of fused-ring (bicyclic) bond motifs is 1. The highest BCUT2D eigenvalue weighted by Crippen LogP contribution is 2.26. The lowest BCUT2D eigenvalue weighted by molar-refractivity contribution is 0.431. The van der Waals surface area contributed by atoms with Gasteiger partial charge in [-0.2, -0.15) is 0 Å². The quantitative estimate of drug-likeness (QED) is 0.918. The van der Waals surface area contributed by atoms with Crippen LogP contribution in [0.2, 0.25) is 0 Å². The molecule has 0 aliphatic carbocycles. The van der Waals surface area contributed by atoms with Gasteiger partial charge in [-0.3, -0.25) is 0 Å². The van der Waals surface area contributed by atoms with Crippen molar-refractivity contribution in [2.24, 2.45) is 11.7 Å². The first kappa shape index (κ1) is 12.5. The van der Waals surface area contributed by atoms with Crippen LogP contribution in [0.15, 0.2) is 24.3 Å². The zero-order chi connectivity index (χ0) is 13.2. The Labute approximate surface area is 114 Å². The molecular formula is C15H22N4. The SMILES string of the molecule is CC1CCN(c2nc3ccccc3n2CCN)CC1. The van der Waals surface area contributed by atoms with E-state index in [1.807, 2.05) is 6.07 Å². The van der Waals surface area contributed by atoms with Crippen LogP contribution in [0.1, 0.15) is 19.8 Å². The second kappa shape index (κ2) is 5.21. The highest BCUT2D eigenvalue weighted by molar-refractivity contribution is 5.78. The number of hydrogen-bond donors (Lipinski definition) is 1. The van der Waals surface area contributed by atoms with Crippen LogP contribution in [0.5, 0.6) is 0 Å². The Kier molecular flexibility index (Phi) is 3.42. The first-order chi connectivity index (χ1) is 9.29. The number of nitrogens with two attached hydrogens (primary N) is 1. The fraction of sp³-hybridized carbons (Fsp3) is 0.533. The van der Waals surface area contributed by atoms with Crippen molar-refractivity contribution in [2.75, 3.05) is 24.5 Å². The molecule has 0 unspecified atom stereocenters. The van der Waals surface area contributed by atoms with E-state index in [9.17, 15) is 0 Å². The minimum Gasteiger partial charge on any atom is -0.342 e. The van der Waals surface area contributed by atoms with E-state index < -0.39 is 0 Å². The summed E-state index contributed by atoms with van der Waals surface area (Å²) in [5, 5.41) is 0. The molecule has 1 aromatic carbocycles. The standard InChI is InChI=1S/C15H22N4/c1-12-6-9-18(10-7-12)15-17-13-4-2-3-5-14(13)19(15)11-8-16/h2-5,12H,6-11,16H2,1H3. The van der Waals surface area contributed by atoms with E-state index >= 15 is 0 Å². The van der Waals surface area contributed by atoms with E-state index in [1.54, 1.807) is 0 Å².